The van der Waals surface area contributed by atoms with E-state index in [1.807, 2.05) is 66.9 Å². The first-order chi connectivity index (χ1) is 19.4. The fraction of sp³-hybridized carbons (Fsp3) is 0.452. The van der Waals surface area contributed by atoms with Gasteiger partial charge in [0.1, 0.15) is 17.4 Å². The number of thioether (sulfide) groups is 1. The molecule has 1 saturated carbocycles. The number of nitrogens with zero attached hydrogens (tertiary/aromatic N) is 1. The van der Waals surface area contributed by atoms with Crippen molar-refractivity contribution in [1.29, 1.82) is 0 Å². The highest BCUT2D eigenvalue weighted by molar-refractivity contribution is 7.98. The second-order valence-corrected chi connectivity index (χ2v) is 11.9. The molecule has 3 amide bonds. The highest BCUT2D eigenvalue weighted by Crippen LogP contribution is 2.55. The van der Waals surface area contributed by atoms with Crippen LogP contribution in [-0.2, 0) is 25.7 Å². The lowest BCUT2D eigenvalue weighted by atomic mass is 9.74. The second-order valence-electron chi connectivity index (χ2n) is 11.0. The van der Waals surface area contributed by atoms with Gasteiger partial charge in [0.05, 0.1) is 31.6 Å². The van der Waals surface area contributed by atoms with Gasteiger partial charge in [0.25, 0.3) is 0 Å². The average Bonchev–Trinajstić information content (AvgIpc) is 3.61. The van der Waals surface area contributed by atoms with E-state index < -0.39 is 29.6 Å². The van der Waals surface area contributed by atoms with Crippen molar-refractivity contribution in [3.8, 4) is 5.75 Å². The SMILES string of the molecule is COc1ccccc1CN1C(=O)[C@H]2C(C(=O)Nc3cccc(SC)c3)[C@H]3C=CC2(O3)C1C(=O)NC1CCCCC1. The Morgan fingerprint density at radius 3 is 2.67 bits per heavy atom. The van der Waals surface area contributed by atoms with Crippen LogP contribution in [0.25, 0.3) is 0 Å². The zero-order valence-corrected chi connectivity index (χ0v) is 23.6. The van der Waals surface area contributed by atoms with E-state index in [4.69, 9.17) is 9.47 Å². The topological polar surface area (TPSA) is 97.0 Å². The van der Waals surface area contributed by atoms with Gasteiger partial charge in [-0.25, -0.2) is 0 Å². The summed E-state index contributed by atoms with van der Waals surface area (Å²) in [6.07, 6.45) is 10.3. The van der Waals surface area contributed by atoms with Crippen molar-refractivity contribution < 1.29 is 23.9 Å². The zero-order chi connectivity index (χ0) is 27.9. The smallest absolute Gasteiger partial charge is 0.246 e. The van der Waals surface area contributed by atoms with Crippen LogP contribution in [-0.4, -0.2) is 59.8 Å². The summed E-state index contributed by atoms with van der Waals surface area (Å²) in [7, 11) is 1.59. The first-order valence-electron chi connectivity index (χ1n) is 14.0. The Balaban J connectivity index is 1.33. The molecule has 3 unspecified atom stereocenters. The van der Waals surface area contributed by atoms with Crippen LogP contribution in [0.5, 0.6) is 5.75 Å². The number of carbonyl (C=O) groups is 3. The van der Waals surface area contributed by atoms with E-state index in [9.17, 15) is 14.4 Å². The summed E-state index contributed by atoms with van der Waals surface area (Å²) in [5, 5.41) is 6.24. The lowest BCUT2D eigenvalue weighted by Gasteiger charge is -2.34. The monoisotopic (exact) mass is 561 g/mol. The minimum Gasteiger partial charge on any atom is -0.496 e. The van der Waals surface area contributed by atoms with E-state index in [0.717, 1.165) is 36.1 Å². The summed E-state index contributed by atoms with van der Waals surface area (Å²) < 4.78 is 12.0. The second kappa shape index (κ2) is 10.9. The van der Waals surface area contributed by atoms with Gasteiger partial charge in [-0.1, -0.05) is 55.7 Å². The Hall–Kier alpha value is -3.30. The van der Waals surface area contributed by atoms with Crippen LogP contribution in [0.2, 0.25) is 0 Å². The summed E-state index contributed by atoms with van der Waals surface area (Å²) in [5.41, 5.74) is 0.255. The van der Waals surface area contributed by atoms with E-state index in [1.54, 1.807) is 23.8 Å². The van der Waals surface area contributed by atoms with Crippen molar-refractivity contribution >= 4 is 35.2 Å². The Morgan fingerprint density at radius 1 is 1.10 bits per heavy atom. The number of nitrogens with one attached hydrogen (secondary N) is 2. The Morgan fingerprint density at radius 2 is 1.90 bits per heavy atom. The summed E-state index contributed by atoms with van der Waals surface area (Å²) >= 11 is 1.59. The molecule has 3 heterocycles. The molecule has 40 heavy (non-hydrogen) atoms. The zero-order valence-electron chi connectivity index (χ0n) is 22.8. The van der Waals surface area contributed by atoms with E-state index in [-0.39, 0.29) is 30.3 Å². The summed E-state index contributed by atoms with van der Waals surface area (Å²) in [6, 6.07) is 14.3. The maximum Gasteiger partial charge on any atom is 0.246 e. The Kier molecular flexibility index (Phi) is 7.35. The van der Waals surface area contributed by atoms with Crippen LogP contribution in [0.15, 0.2) is 65.6 Å². The molecule has 4 aliphatic rings. The number of amides is 3. The molecular weight excluding hydrogens is 526 g/mol. The van der Waals surface area contributed by atoms with Crippen molar-refractivity contribution in [2.24, 2.45) is 11.8 Å². The molecule has 0 aromatic heterocycles. The Labute approximate surface area is 238 Å². The van der Waals surface area contributed by atoms with E-state index in [1.165, 1.54) is 6.42 Å². The largest absolute Gasteiger partial charge is 0.496 e. The number of methoxy groups -OCH3 is 1. The average molecular weight is 562 g/mol. The van der Waals surface area contributed by atoms with Gasteiger partial charge >= 0.3 is 0 Å². The quantitative estimate of drug-likeness (QED) is 0.371. The van der Waals surface area contributed by atoms with Crippen molar-refractivity contribution in [1.82, 2.24) is 10.2 Å². The molecule has 9 heteroatoms. The number of ether oxygens (including phenoxy) is 2. The van der Waals surface area contributed by atoms with Crippen LogP contribution in [0.3, 0.4) is 0 Å². The van der Waals surface area contributed by atoms with Gasteiger partial charge in [0, 0.05) is 22.2 Å². The van der Waals surface area contributed by atoms with E-state index >= 15 is 0 Å². The van der Waals surface area contributed by atoms with Gasteiger partial charge in [-0.2, -0.15) is 0 Å². The predicted octanol–water partition coefficient (Wildman–Crippen LogP) is 4.16. The molecule has 0 radical (unpaired) electrons. The minimum absolute atomic E-state index is 0.0744. The van der Waals surface area contributed by atoms with Crippen LogP contribution in [0, 0.1) is 11.8 Å². The van der Waals surface area contributed by atoms with Gasteiger partial charge in [0.15, 0.2) is 0 Å². The first-order valence-corrected chi connectivity index (χ1v) is 15.2. The molecule has 2 aromatic rings. The number of para-hydroxylation sites is 1. The van der Waals surface area contributed by atoms with Gasteiger partial charge < -0.3 is 25.0 Å². The van der Waals surface area contributed by atoms with E-state index in [2.05, 4.69) is 10.6 Å². The first kappa shape index (κ1) is 26.9. The molecule has 2 saturated heterocycles. The number of likely N-dealkylation sites (tertiary alicyclic amines) is 1. The maximum atomic E-state index is 14.3. The molecule has 6 rings (SSSR count). The third-order valence-electron chi connectivity index (χ3n) is 8.75. The highest BCUT2D eigenvalue weighted by Gasteiger charge is 2.72. The molecule has 1 spiro atoms. The van der Waals surface area contributed by atoms with Gasteiger partial charge in [-0.3, -0.25) is 14.4 Å². The van der Waals surface area contributed by atoms with Gasteiger partial charge in [-0.05, 0) is 43.4 Å². The van der Waals surface area contributed by atoms with Crippen molar-refractivity contribution in [2.75, 3.05) is 18.7 Å². The fourth-order valence-electron chi connectivity index (χ4n) is 6.91. The Bertz CT molecular complexity index is 1340. The lowest BCUT2D eigenvalue weighted by molar-refractivity contribution is -0.142. The molecular formula is C31H35N3O5S. The fourth-order valence-corrected chi connectivity index (χ4v) is 7.37. The predicted molar refractivity (Wildman–Crippen MR) is 153 cm³/mol. The summed E-state index contributed by atoms with van der Waals surface area (Å²) in [5.74, 6) is -1.67. The maximum absolute atomic E-state index is 14.3. The number of carbonyl (C=O) groups excluding carboxylic acids is 3. The van der Waals surface area contributed by atoms with Crippen LogP contribution >= 0.6 is 11.8 Å². The van der Waals surface area contributed by atoms with Gasteiger partial charge in [-0.15, -0.1) is 11.8 Å². The number of hydrogen-bond acceptors (Lipinski definition) is 6. The number of fused-ring (bicyclic) bond motifs is 1. The molecule has 2 aromatic carbocycles. The molecule has 3 aliphatic heterocycles. The van der Waals surface area contributed by atoms with Crippen LogP contribution in [0.4, 0.5) is 5.69 Å². The normalized spacial score (nSPS) is 28.9. The highest BCUT2D eigenvalue weighted by atomic mass is 32.2. The number of anilines is 1. The van der Waals surface area contributed by atoms with Crippen molar-refractivity contribution in [3.05, 3.63) is 66.2 Å². The summed E-state index contributed by atoms with van der Waals surface area (Å²) in [4.78, 5) is 44.6. The molecule has 5 atom stereocenters. The van der Waals surface area contributed by atoms with Crippen LogP contribution < -0.4 is 15.4 Å². The molecule has 3 fully saturated rings. The molecule has 210 valence electrons. The summed E-state index contributed by atoms with van der Waals surface area (Å²) in [6.45, 7) is 0.176. The molecule has 2 N–H and O–H groups in total. The standard InChI is InChI=1S/C31H35N3O5S/c1-38-23-14-7-6-9-19(23)18-34-27(29(36)32-20-10-4-3-5-11-20)31-16-15-24(39-31)25(26(31)30(34)37)28(35)33-21-12-8-13-22(17-21)40-2/h6-9,12-17,20,24-27H,3-5,10-11,18H2,1-2H3,(H,32,36)(H,33,35)/t24-,25?,26-,27?,31?/m1/s1. The number of rotatable bonds is 8. The molecule has 2 bridgehead atoms. The van der Waals surface area contributed by atoms with Crippen LogP contribution in [0.1, 0.15) is 37.7 Å². The lowest BCUT2D eigenvalue weighted by Crippen LogP contribution is -2.56. The number of hydrogen-bond donors (Lipinski definition) is 2. The minimum atomic E-state index is -1.20. The molecule has 8 nitrogen and oxygen atoms in total. The van der Waals surface area contributed by atoms with Crippen molar-refractivity contribution in [2.45, 2.75) is 67.3 Å². The van der Waals surface area contributed by atoms with Gasteiger partial charge in [0.2, 0.25) is 17.7 Å². The molecule has 1 aliphatic carbocycles. The number of benzene rings is 2. The third kappa shape index (κ3) is 4.59. The third-order valence-corrected chi connectivity index (χ3v) is 9.47. The van der Waals surface area contributed by atoms with Crippen molar-refractivity contribution in [3.63, 3.8) is 0 Å². The van der Waals surface area contributed by atoms with E-state index in [0.29, 0.717) is 11.4 Å².